The first-order chi connectivity index (χ1) is 21.5. The summed E-state index contributed by atoms with van der Waals surface area (Å²) in [4.78, 5) is 29.7. The van der Waals surface area contributed by atoms with Gasteiger partial charge in [0.25, 0.3) is 10.0 Å². The van der Waals surface area contributed by atoms with E-state index in [2.05, 4.69) is 5.32 Å². The van der Waals surface area contributed by atoms with Crippen LogP contribution in [-0.2, 0) is 32.6 Å². The van der Waals surface area contributed by atoms with E-state index in [1.807, 2.05) is 44.2 Å². The smallest absolute Gasteiger partial charge is 0.264 e. The highest BCUT2D eigenvalue weighted by atomic mass is 35.5. The molecule has 4 aromatic carbocycles. The summed E-state index contributed by atoms with van der Waals surface area (Å²) in [6, 6.07) is 27.3. The highest BCUT2D eigenvalue weighted by molar-refractivity contribution is 7.92. The Morgan fingerprint density at radius 2 is 1.42 bits per heavy atom. The molecule has 7 nitrogen and oxygen atoms in total. The standard InChI is InChI=1S/C34H34Cl3N3O4S/c1-3-24(2)38-34(42)32(21-25-10-6-4-7-11-25)39(22-26-14-19-30(36)31(37)20-26)33(41)23-40(28-12-8-5-9-13-28)45(43,44)29-17-15-27(35)16-18-29/h4-20,24,32H,3,21-23H2,1-2H3,(H,38,42)/t24-,32-/m0/s1. The lowest BCUT2D eigenvalue weighted by atomic mass is 10.0. The third kappa shape index (κ3) is 9.01. The van der Waals surface area contributed by atoms with Crippen molar-refractivity contribution in [1.29, 1.82) is 0 Å². The Balaban J connectivity index is 1.80. The van der Waals surface area contributed by atoms with Crippen molar-refractivity contribution in [3.63, 3.8) is 0 Å². The zero-order valence-corrected chi connectivity index (χ0v) is 28.0. The van der Waals surface area contributed by atoms with Crippen LogP contribution in [0.25, 0.3) is 0 Å². The molecule has 0 radical (unpaired) electrons. The van der Waals surface area contributed by atoms with Crippen molar-refractivity contribution >= 4 is 62.3 Å². The molecule has 0 aliphatic rings. The van der Waals surface area contributed by atoms with E-state index in [1.54, 1.807) is 48.5 Å². The number of sulfonamides is 1. The second-order valence-electron chi connectivity index (χ2n) is 10.6. The quantitative estimate of drug-likeness (QED) is 0.159. The number of carbonyl (C=O) groups excluding carboxylic acids is 2. The highest BCUT2D eigenvalue weighted by Gasteiger charge is 2.35. The molecule has 0 saturated carbocycles. The van der Waals surface area contributed by atoms with Crippen LogP contribution < -0.4 is 9.62 Å². The Kier molecular flexibility index (Phi) is 11.9. The van der Waals surface area contributed by atoms with Gasteiger partial charge in [-0.1, -0.05) is 96.3 Å². The van der Waals surface area contributed by atoms with Gasteiger partial charge in [-0.05, 0) is 73.0 Å². The van der Waals surface area contributed by atoms with E-state index in [9.17, 15) is 18.0 Å². The van der Waals surface area contributed by atoms with Gasteiger partial charge < -0.3 is 10.2 Å². The fourth-order valence-electron chi connectivity index (χ4n) is 4.69. The van der Waals surface area contributed by atoms with Gasteiger partial charge in [-0.2, -0.15) is 0 Å². The van der Waals surface area contributed by atoms with Crippen LogP contribution >= 0.6 is 34.8 Å². The predicted molar refractivity (Wildman–Crippen MR) is 181 cm³/mol. The van der Waals surface area contributed by atoms with Crippen molar-refractivity contribution < 1.29 is 18.0 Å². The summed E-state index contributed by atoms with van der Waals surface area (Å²) < 4.78 is 29.1. The summed E-state index contributed by atoms with van der Waals surface area (Å²) >= 11 is 18.5. The number of hydrogen-bond acceptors (Lipinski definition) is 4. The molecule has 0 saturated heterocycles. The van der Waals surface area contributed by atoms with Crippen molar-refractivity contribution in [1.82, 2.24) is 10.2 Å². The molecule has 0 aromatic heterocycles. The minimum absolute atomic E-state index is 0.0230. The topological polar surface area (TPSA) is 86.8 Å². The van der Waals surface area contributed by atoms with Crippen molar-refractivity contribution in [2.24, 2.45) is 0 Å². The van der Waals surface area contributed by atoms with Crippen molar-refractivity contribution in [3.05, 3.63) is 129 Å². The lowest BCUT2D eigenvalue weighted by Gasteiger charge is -2.34. The van der Waals surface area contributed by atoms with E-state index in [-0.39, 0.29) is 29.8 Å². The summed E-state index contributed by atoms with van der Waals surface area (Å²) in [6.45, 7) is 3.25. The van der Waals surface area contributed by atoms with Crippen LogP contribution in [0.1, 0.15) is 31.4 Å². The molecular weight excluding hydrogens is 653 g/mol. The number of anilines is 1. The molecule has 0 unspecified atom stereocenters. The Hall–Kier alpha value is -3.56. The van der Waals surface area contributed by atoms with Gasteiger partial charge in [0.1, 0.15) is 12.6 Å². The molecule has 4 rings (SSSR count). The van der Waals surface area contributed by atoms with E-state index in [1.165, 1.54) is 29.2 Å². The number of amides is 2. The van der Waals surface area contributed by atoms with Gasteiger partial charge in [0.2, 0.25) is 11.8 Å². The fraction of sp³-hybridized carbons (Fsp3) is 0.235. The molecule has 1 N–H and O–H groups in total. The third-order valence-corrected chi connectivity index (χ3v) is 10.1. The van der Waals surface area contributed by atoms with Gasteiger partial charge in [-0.3, -0.25) is 13.9 Å². The van der Waals surface area contributed by atoms with Gasteiger partial charge in [0.15, 0.2) is 0 Å². The second kappa shape index (κ2) is 15.6. The largest absolute Gasteiger partial charge is 0.352 e. The molecule has 0 bridgehead atoms. The van der Waals surface area contributed by atoms with Crippen LogP contribution in [-0.4, -0.2) is 43.8 Å². The van der Waals surface area contributed by atoms with Crippen LogP contribution in [0, 0.1) is 0 Å². The monoisotopic (exact) mass is 685 g/mol. The van der Waals surface area contributed by atoms with E-state index < -0.39 is 28.5 Å². The summed E-state index contributed by atoms with van der Waals surface area (Å²) in [7, 11) is -4.22. The van der Waals surface area contributed by atoms with Crippen LogP contribution in [0.4, 0.5) is 5.69 Å². The zero-order chi connectivity index (χ0) is 32.6. The van der Waals surface area contributed by atoms with Crippen LogP contribution in [0.2, 0.25) is 15.1 Å². The minimum Gasteiger partial charge on any atom is -0.352 e. The lowest BCUT2D eigenvalue weighted by Crippen LogP contribution is -2.54. The van der Waals surface area contributed by atoms with Crippen molar-refractivity contribution in [2.75, 3.05) is 10.8 Å². The first kappa shape index (κ1) is 34.3. The Morgan fingerprint density at radius 1 is 0.800 bits per heavy atom. The van der Waals surface area contributed by atoms with Crippen LogP contribution in [0.15, 0.2) is 108 Å². The molecular formula is C34H34Cl3N3O4S. The van der Waals surface area contributed by atoms with Gasteiger partial charge in [0, 0.05) is 24.0 Å². The molecule has 0 spiro atoms. The number of rotatable bonds is 13. The minimum atomic E-state index is -4.22. The first-order valence-electron chi connectivity index (χ1n) is 14.4. The average Bonchev–Trinajstić information content (AvgIpc) is 3.04. The SMILES string of the molecule is CC[C@H](C)NC(=O)[C@H](Cc1ccccc1)N(Cc1ccc(Cl)c(Cl)c1)C(=O)CN(c1ccccc1)S(=O)(=O)c1ccc(Cl)cc1. The van der Waals surface area contributed by atoms with Crippen molar-refractivity contribution in [2.45, 2.75) is 50.2 Å². The summed E-state index contributed by atoms with van der Waals surface area (Å²) in [5.41, 5.74) is 1.75. The Labute approximate surface area is 279 Å². The van der Waals surface area contributed by atoms with E-state index in [0.29, 0.717) is 32.7 Å². The van der Waals surface area contributed by atoms with E-state index in [0.717, 1.165) is 9.87 Å². The van der Waals surface area contributed by atoms with Gasteiger partial charge in [-0.15, -0.1) is 0 Å². The number of hydrogen-bond donors (Lipinski definition) is 1. The van der Waals surface area contributed by atoms with Crippen LogP contribution in [0.3, 0.4) is 0 Å². The molecule has 0 aliphatic carbocycles. The molecule has 45 heavy (non-hydrogen) atoms. The normalized spacial score (nSPS) is 12.6. The maximum atomic E-state index is 14.5. The summed E-state index contributed by atoms with van der Waals surface area (Å²) in [5.74, 6) is -0.934. The fourth-order valence-corrected chi connectivity index (χ4v) is 6.55. The Morgan fingerprint density at radius 3 is 2.02 bits per heavy atom. The molecule has 2 amide bonds. The maximum absolute atomic E-state index is 14.5. The number of nitrogens with one attached hydrogen (secondary N) is 1. The molecule has 0 fully saturated rings. The third-order valence-electron chi connectivity index (χ3n) is 7.33. The molecule has 2 atom stereocenters. The summed E-state index contributed by atoms with van der Waals surface area (Å²) in [5, 5.41) is 4.03. The van der Waals surface area contributed by atoms with Crippen molar-refractivity contribution in [3.8, 4) is 0 Å². The number of halogens is 3. The van der Waals surface area contributed by atoms with Gasteiger partial charge in [0.05, 0.1) is 20.6 Å². The predicted octanol–water partition coefficient (Wildman–Crippen LogP) is 7.40. The first-order valence-corrected chi connectivity index (χ1v) is 17.0. The van der Waals surface area contributed by atoms with Gasteiger partial charge >= 0.3 is 0 Å². The van der Waals surface area contributed by atoms with E-state index >= 15 is 0 Å². The summed E-state index contributed by atoms with van der Waals surface area (Å²) in [6.07, 6.45) is 0.886. The van der Waals surface area contributed by atoms with Crippen LogP contribution in [0.5, 0.6) is 0 Å². The molecule has 11 heteroatoms. The number of benzene rings is 4. The molecule has 0 aliphatic heterocycles. The number of nitrogens with zero attached hydrogens (tertiary/aromatic N) is 2. The maximum Gasteiger partial charge on any atom is 0.264 e. The number of carbonyl (C=O) groups is 2. The average molecular weight is 687 g/mol. The molecule has 4 aromatic rings. The second-order valence-corrected chi connectivity index (χ2v) is 13.7. The molecule has 236 valence electrons. The zero-order valence-electron chi connectivity index (χ0n) is 24.9. The number of para-hydroxylation sites is 1. The van der Waals surface area contributed by atoms with Gasteiger partial charge in [-0.25, -0.2) is 8.42 Å². The molecule has 0 heterocycles. The lowest BCUT2D eigenvalue weighted by molar-refractivity contribution is -0.140. The Bertz CT molecular complexity index is 1710. The van der Waals surface area contributed by atoms with E-state index in [4.69, 9.17) is 34.8 Å². The highest BCUT2D eigenvalue weighted by Crippen LogP contribution is 2.27.